The van der Waals surface area contributed by atoms with Crippen LogP contribution in [0, 0.1) is 6.92 Å². The normalized spacial score (nSPS) is 11.9. The Hall–Kier alpha value is -3.67. The smallest absolute Gasteiger partial charge is 0.261 e. The molecule has 0 saturated heterocycles. The number of carbonyl (C=O) groups excluding carboxylic acids is 1. The van der Waals surface area contributed by atoms with Crippen LogP contribution in [0.5, 0.6) is 5.75 Å². The van der Waals surface area contributed by atoms with Crippen molar-refractivity contribution in [2.45, 2.75) is 26.5 Å². The van der Waals surface area contributed by atoms with Gasteiger partial charge < -0.3 is 14.5 Å². The summed E-state index contributed by atoms with van der Waals surface area (Å²) >= 11 is 0. The van der Waals surface area contributed by atoms with Gasteiger partial charge in [0.2, 0.25) is 0 Å². The van der Waals surface area contributed by atoms with Crippen LogP contribution in [0.25, 0.3) is 22.3 Å². The van der Waals surface area contributed by atoms with Crippen LogP contribution in [0.3, 0.4) is 0 Å². The number of rotatable bonds is 6. The summed E-state index contributed by atoms with van der Waals surface area (Å²) < 4.78 is 11.2. The van der Waals surface area contributed by atoms with Crippen molar-refractivity contribution >= 4 is 16.9 Å². The average molecular weight is 387 g/mol. The molecule has 146 valence electrons. The molecule has 1 N–H and O–H groups in total. The molecule has 0 bridgehead atoms. The lowest BCUT2D eigenvalue weighted by atomic mass is 10.1. The van der Waals surface area contributed by atoms with Gasteiger partial charge in [0.05, 0.1) is 29.5 Å². The first-order valence-corrected chi connectivity index (χ1v) is 9.40. The summed E-state index contributed by atoms with van der Waals surface area (Å²) in [4.78, 5) is 21.3. The molecule has 29 heavy (non-hydrogen) atoms. The van der Waals surface area contributed by atoms with Gasteiger partial charge in [-0.05, 0) is 62.4 Å². The van der Waals surface area contributed by atoms with E-state index in [0.29, 0.717) is 18.1 Å². The molecule has 0 spiro atoms. The number of amides is 1. The van der Waals surface area contributed by atoms with E-state index in [9.17, 15) is 4.79 Å². The third-order valence-electron chi connectivity index (χ3n) is 4.51. The average Bonchev–Trinajstić information content (AvgIpc) is 3.17. The Morgan fingerprint density at radius 2 is 1.83 bits per heavy atom. The molecule has 1 atom stereocenters. The molecule has 0 unspecified atom stereocenters. The number of carbonyl (C=O) groups is 1. The van der Waals surface area contributed by atoms with Gasteiger partial charge >= 0.3 is 0 Å². The Balaban J connectivity index is 1.38. The second kappa shape index (κ2) is 8.14. The van der Waals surface area contributed by atoms with Crippen LogP contribution >= 0.6 is 0 Å². The molecule has 0 fully saturated rings. The van der Waals surface area contributed by atoms with Gasteiger partial charge in [-0.1, -0.05) is 12.1 Å². The lowest BCUT2D eigenvalue weighted by molar-refractivity contribution is -0.127. The van der Waals surface area contributed by atoms with Crippen LogP contribution in [-0.4, -0.2) is 22.0 Å². The molecule has 0 radical (unpaired) electrons. The summed E-state index contributed by atoms with van der Waals surface area (Å²) in [7, 11) is 0. The Bertz CT molecular complexity index is 1140. The SMILES string of the molecule is Cc1ccc(CNC(=O)[C@@H](C)Oc2ccc(-c3cnc4ccccc4n3)cc2)o1. The van der Waals surface area contributed by atoms with Crippen LogP contribution in [0.2, 0.25) is 0 Å². The third kappa shape index (κ3) is 4.43. The number of ether oxygens (including phenoxy) is 1. The van der Waals surface area contributed by atoms with E-state index >= 15 is 0 Å². The minimum Gasteiger partial charge on any atom is -0.481 e. The highest BCUT2D eigenvalue weighted by Crippen LogP contribution is 2.22. The van der Waals surface area contributed by atoms with E-state index in [0.717, 1.165) is 28.1 Å². The molecule has 4 rings (SSSR count). The van der Waals surface area contributed by atoms with Gasteiger partial charge in [0.1, 0.15) is 17.3 Å². The Morgan fingerprint density at radius 3 is 2.55 bits per heavy atom. The zero-order valence-electron chi connectivity index (χ0n) is 16.3. The molecule has 4 aromatic rings. The van der Waals surface area contributed by atoms with Crippen molar-refractivity contribution in [1.82, 2.24) is 15.3 Å². The van der Waals surface area contributed by atoms with Crippen LogP contribution in [0.15, 0.2) is 71.3 Å². The summed E-state index contributed by atoms with van der Waals surface area (Å²) in [6.07, 6.45) is 1.13. The quantitative estimate of drug-likeness (QED) is 0.534. The Morgan fingerprint density at radius 1 is 1.07 bits per heavy atom. The maximum atomic E-state index is 12.2. The fraction of sp³-hybridized carbons (Fsp3) is 0.174. The Labute approximate surface area is 168 Å². The first-order valence-electron chi connectivity index (χ1n) is 9.40. The molecule has 0 aliphatic rings. The molecule has 6 heteroatoms. The van der Waals surface area contributed by atoms with Crippen LogP contribution in [0.1, 0.15) is 18.4 Å². The fourth-order valence-corrected chi connectivity index (χ4v) is 2.96. The van der Waals surface area contributed by atoms with Gasteiger partial charge in [-0.2, -0.15) is 0 Å². The second-order valence-corrected chi connectivity index (χ2v) is 6.76. The predicted octanol–water partition coefficient (Wildman–Crippen LogP) is 4.28. The van der Waals surface area contributed by atoms with Gasteiger partial charge in [0, 0.05) is 5.56 Å². The Kier molecular flexibility index (Phi) is 5.24. The van der Waals surface area contributed by atoms with Gasteiger partial charge in [-0.15, -0.1) is 0 Å². The zero-order chi connectivity index (χ0) is 20.2. The minimum atomic E-state index is -0.627. The van der Waals surface area contributed by atoms with E-state index in [-0.39, 0.29) is 5.91 Å². The first kappa shape index (κ1) is 18.7. The van der Waals surface area contributed by atoms with E-state index < -0.39 is 6.10 Å². The maximum absolute atomic E-state index is 12.2. The number of para-hydroxylation sites is 2. The highest BCUT2D eigenvalue weighted by atomic mass is 16.5. The van der Waals surface area contributed by atoms with Crippen molar-refractivity contribution in [3.05, 3.63) is 78.4 Å². The molecule has 6 nitrogen and oxygen atoms in total. The predicted molar refractivity (Wildman–Crippen MR) is 110 cm³/mol. The van der Waals surface area contributed by atoms with E-state index in [1.807, 2.05) is 67.6 Å². The molecular weight excluding hydrogens is 366 g/mol. The lowest BCUT2D eigenvalue weighted by Gasteiger charge is -2.14. The van der Waals surface area contributed by atoms with Gasteiger partial charge in [0.15, 0.2) is 6.10 Å². The summed E-state index contributed by atoms with van der Waals surface area (Å²) in [5.41, 5.74) is 3.43. The van der Waals surface area contributed by atoms with Gasteiger partial charge in [-0.25, -0.2) is 4.98 Å². The summed E-state index contributed by atoms with van der Waals surface area (Å²) in [6, 6.07) is 18.9. The van der Waals surface area contributed by atoms with Crippen LogP contribution < -0.4 is 10.1 Å². The molecule has 0 saturated carbocycles. The standard InChI is InChI=1S/C23H21N3O3/c1-15-7-10-19(28-15)13-25-23(27)16(2)29-18-11-8-17(9-12-18)22-14-24-20-5-3-4-6-21(20)26-22/h3-12,14,16H,13H2,1-2H3,(H,25,27)/t16-/m1/s1. The summed E-state index contributed by atoms with van der Waals surface area (Å²) in [5.74, 6) is 1.93. The van der Waals surface area contributed by atoms with Crippen molar-refractivity contribution < 1.29 is 13.9 Å². The molecular formula is C23H21N3O3. The third-order valence-corrected chi connectivity index (χ3v) is 4.51. The first-order chi connectivity index (χ1) is 14.1. The van der Waals surface area contributed by atoms with E-state index in [4.69, 9.17) is 9.15 Å². The topological polar surface area (TPSA) is 77.2 Å². The summed E-state index contributed by atoms with van der Waals surface area (Å²) in [6.45, 7) is 3.91. The second-order valence-electron chi connectivity index (χ2n) is 6.76. The fourth-order valence-electron chi connectivity index (χ4n) is 2.96. The number of hydrogen-bond acceptors (Lipinski definition) is 5. The molecule has 2 aromatic heterocycles. The van der Waals surface area contributed by atoms with Gasteiger partial charge in [0.25, 0.3) is 5.91 Å². The summed E-state index contributed by atoms with van der Waals surface area (Å²) in [5, 5.41) is 2.81. The van der Waals surface area contributed by atoms with Crippen LogP contribution in [0.4, 0.5) is 0 Å². The number of aryl methyl sites for hydroxylation is 1. The zero-order valence-corrected chi connectivity index (χ0v) is 16.3. The van der Waals surface area contributed by atoms with E-state index in [1.165, 1.54) is 0 Å². The number of nitrogens with zero attached hydrogens (tertiary/aromatic N) is 2. The molecule has 0 aliphatic carbocycles. The highest BCUT2D eigenvalue weighted by Gasteiger charge is 2.15. The van der Waals surface area contributed by atoms with Gasteiger partial charge in [-0.3, -0.25) is 9.78 Å². The molecule has 2 heterocycles. The number of hydrogen-bond donors (Lipinski definition) is 1. The number of fused-ring (bicyclic) bond motifs is 1. The van der Waals surface area contributed by atoms with Crippen molar-refractivity contribution in [1.29, 1.82) is 0 Å². The van der Waals surface area contributed by atoms with Crippen LogP contribution in [-0.2, 0) is 11.3 Å². The molecule has 0 aliphatic heterocycles. The highest BCUT2D eigenvalue weighted by molar-refractivity contribution is 5.80. The monoisotopic (exact) mass is 387 g/mol. The minimum absolute atomic E-state index is 0.205. The lowest BCUT2D eigenvalue weighted by Crippen LogP contribution is -2.35. The van der Waals surface area contributed by atoms with Crippen molar-refractivity contribution in [3.8, 4) is 17.0 Å². The van der Waals surface area contributed by atoms with E-state index in [1.54, 1.807) is 13.1 Å². The largest absolute Gasteiger partial charge is 0.481 e. The number of aromatic nitrogens is 2. The number of furan rings is 1. The molecule has 1 amide bonds. The van der Waals surface area contributed by atoms with Crippen molar-refractivity contribution in [2.75, 3.05) is 0 Å². The number of nitrogens with one attached hydrogen (secondary N) is 1. The van der Waals surface area contributed by atoms with E-state index in [2.05, 4.69) is 15.3 Å². The maximum Gasteiger partial charge on any atom is 0.261 e. The number of benzene rings is 2. The van der Waals surface area contributed by atoms with Crippen molar-refractivity contribution in [3.63, 3.8) is 0 Å². The van der Waals surface area contributed by atoms with Crippen molar-refractivity contribution in [2.24, 2.45) is 0 Å². The molecule has 2 aromatic carbocycles.